The third-order valence-corrected chi connectivity index (χ3v) is 4.44. The van der Waals surface area contributed by atoms with Gasteiger partial charge in [-0.1, -0.05) is 25.3 Å². The van der Waals surface area contributed by atoms with Crippen molar-refractivity contribution >= 4 is 17.5 Å². The Kier molecular flexibility index (Phi) is 4.37. The number of aromatic nitrogens is 3. The number of nitrogens with one attached hydrogen (secondary N) is 1. The molecule has 24 heavy (non-hydrogen) atoms. The molecule has 3 rings (SSSR count). The molecule has 2 heterocycles. The number of carbonyl (C=O) groups excluding carboxylic acids is 2. The molecule has 0 aromatic carbocycles. The van der Waals surface area contributed by atoms with Crippen molar-refractivity contribution in [1.29, 1.82) is 0 Å². The van der Waals surface area contributed by atoms with Gasteiger partial charge >= 0.3 is 11.7 Å². The first-order valence-corrected chi connectivity index (χ1v) is 7.99. The normalized spacial score (nSPS) is 16.7. The summed E-state index contributed by atoms with van der Waals surface area (Å²) in [7, 11) is 1.32. The quantitative estimate of drug-likeness (QED) is 0.822. The maximum absolute atomic E-state index is 12.4. The van der Waals surface area contributed by atoms with Crippen molar-refractivity contribution in [2.75, 3.05) is 7.11 Å². The van der Waals surface area contributed by atoms with Crippen molar-refractivity contribution in [3.63, 3.8) is 0 Å². The van der Waals surface area contributed by atoms with Gasteiger partial charge in [0.1, 0.15) is 12.1 Å². The monoisotopic (exact) mass is 332 g/mol. The van der Waals surface area contributed by atoms with E-state index in [4.69, 9.17) is 4.74 Å². The number of esters is 1. The fourth-order valence-electron chi connectivity index (χ4n) is 3.24. The van der Waals surface area contributed by atoms with Crippen molar-refractivity contribution < 1.29 is 14.3 Å². The minimum absolute atomic E-state index is 0.237. The summed E-state index contributed by atoms with van der Waals surface area (Å²) in [6.07, 6.45) is 5.42. The largest absolute Gasteiger partial charge is 0.467 e. The predicted octanol–water partition coefficient (Wildman–Crippen LogP) is 0.488. The Labute approximate surface area is 138 Å². The molecule has 0 radical (unpaired) electrons. The molecular weight excluding hydrogens is 312 g/mol. The van der Waals surface area contributed by atoms with Crippen LogP contribution in [-0.2, 0) is 20.9 Å². The second kappa shape index (κ2) is 6.46. The van der Waals surface area contributed by atoms with Gasteiger partial charge in [-0.15, -0.1) is 5.10 Å². The molecular formula is C16H20N4O4. The van der Waals surface area contributed by atoms with Crippen LogP contribution in [0.5, 0.6) is 0 Å². The van der Waals surface area contributed by atoms with Crippen LogP contribution in [0.4, 0.5) is 0 Å². The lowest BCUT2D eigenvalue weighted by Crippen LogP contribution is -2.57. The number of fused-ring (bicyclic) bond motifs is 1. The zero-order valence-corrected chi connectivity index (χ0v) is 13.5. The van der Waals surface area contributed by atoms with Crippen LogP contribution in [0.25, 0.3) is 5.65 Å². The predicted molar refractivity (Wildman–Crippen MR) is 85.4 cm³/mol. The number of amides is 1. The Balaban J connectivity index is 1.79. The molecule has 1 amide bonds. The summed E-state index contributed by atoms with van der Waals surface area (Å²) in [4.78, 5) is 36.8. The second-order valence-electron chi connectivity index (χ2n) is 6.05. The minimum Gasteiger partial charge on any atom is -0.467 e. The van der Waals surface area contributed by atoms with E-state index < -0.39 is 23.1 Å². The summed E-state index contributed by atoms with van der Waals surface area (Å²) in [5.41, 5.74) is -0.917. The molecule has 8 heteroatoms. The average molecular weight is 332 g/mol. The zero-order chi connectivity index (χ0) is 17.2. The number of carbonyl (C=O) groups is 2. The lowest BCUT2D eigenvalue weighted by atomic mass is 9.81. The van der Waals surface area contributed by atoms with Crippen LogP contribution in [0, 0.1) is 0 Å². The van der Waals surface area contributed by atoms with E-state index in [1.165, 1.54) is 11.5 Å². The fraction of sp³-hybridized carbons (Fsp3) is 0.500. The van der Waals surface area contributed by atoms with Crippen LogP contribution < -0.4 is 11.0 Å². The van der Waals surface area contributed by atoms with Crippen molar-refractivity contribution in [3.05, 3.63) is 34.9 Å². The number of pyridine rings is 1. The standard InChI is InChI=1S/C16H20N4O4/c1-24-14(22)16(8-4-2-5-9-16)17-13(21)11-20-15(23)19-10-6-3-7-12(19)18-20/h3,6-7,10H,2,4-5,8-9,11H2,1H3,(H,17,21). The molecule has 0 saturated heterocycles. The molecule has 0 unspecified atom stereocenters. The Bertz CT molecular complexity index is 817. The van der Waals surface area contributed by atoms with E-state index in [-0.39, 0.29) is 6.54 Å². The van der Waals surface area contributed by atoms with E-state index in [9.17, 15) is 14.4 Å². The van der Waals surface area contributed by atoms with E-state index in [2.05, 4.69) is 10.4 Å². The smallest absolute Gasteiger partial charge is 0.350 e. The molecule has 0 atom stereocenters. The fourth-order valence-corrected chi connectivity index (χ4v) is 3.24. The number of ether oxygens (including phenoxy) is 1. The summed E-state index contributed by atoms with van der Waals surface area (Å²) >= 11 is 0. The Morgan fingerprint density at radius 2 is 2.04 bits per heavy atom. The topological polar surface area (TPSA) is 94.7 Å². The van der Waals surface area contributed by atoms with Gasteiger partial charge in [0.2, 0.25) is 5.91 Å². The van der Waals surface area contributed by atoms with Crippen LogP contribution in [-0.4, -0.2) is 38.7 Å². The third kappa shape index (κ3) is 2.91. The summed E-state index contributed by atoms with van der Waals surface area (Å²) in [6.45, 7) is -0.237. The van der Waals surface area contributed by atoms with E-state index in [0.29, 0.717) is 18.5 Å². The van der Waals surface area contributed by atoms with Gasteiger partial charge in [0, 0.05) is 6.20 Å². The Morgan fingerprint density at radius 3 is 2.71 bits per heavy atom. The maximum Gasteiger partial charge on any atom is 0.350 e. The number of hydrogen-bond donors (Lipinski definition) is 1. The van der Waals surface area contributed by atoms with E-state index in [0.717, 1.165) is 23.9 Å². The highest BCUT2D eigenvalue weighted by Gasteiger charge is 2.42. The highest BCUT2D eigenvalue weighted by atomic mass is 16.5. The molecule has 2 aromatic heterocycles. The number of nitrogens with zero attached hydrogens (tertiary/aromatic N) is 3. The average Bonchev–Trinajstić information content (AvgIpc) is 2.91. The van der Waals surface area contributed by atoms with E-state index in [1.54, 1.807) is 24.4 Å². The van der Waals surface area contributed by atoms with Gasteiger partial charge in [-0.3, -0.25) is 9.20 Å². The van der Waals surface area contributed by atoms with Crippen LogP contribution in [0.2, 0.25) is 0 Å². The number of methoxy groups -OCH3 is 1. The van der Waals surface area contributed by atoms with Gasteiger partial charge in [-0.2, -0.15) is 0 Å². The first-order chi connectivity index (χ1) is 11.6. The van der Waals surface area contributed by atoms with Gasteiger partial charge < -0.3 is 10.1 Å². The summed E-state index contributed by atoms with van der Waals surface area (Å²) in [5.74, 6) is -0.856. The summed E-state index contributed by atoms with van der Waals surface area (Å²) in [5, 5.41) is 6.90. The SMILES string of the molecule is COC(=O)C1(NC(=O)Cn2nc3ccccn3c2=O)CCCCC1. The highest BCUT2D eigenvalue weighted by molar-refractivity contribution is 5.88. The first-order valence-electron chi connectivity index (χ1n) is 7.99. The summed E-state index contributed by atoms with van der Waals surface area (Å²) < 4.78 is 7.33. The lowest BCUT2D eigenvalue weighted by molar-refractivity contribution is -0.152. The molecule has 1 N–H and O–H groups in total. The van der Waals surface area contributed by atoms with Crippen LogP contribution in [0.1, 0.15) is 32.1 Å². The van der Waals surface area contributed by atoms with Gasteiger partial charge in [-0.25, -0.2) is 14.3 Å². The van der Waals surface area contributed by atoms with E-state index in [1.807, 2.05) is 0 Å². The minimum atomic E-state index is -0.993. The van der Waals surface area contributed by atoms with Gasteiger partial charge in [-0.05, 0) is 25.0 Å². The van der Waals surface area contributed by atoms with Gasteiger partial charge in [0.15, 0.2) is 5.65 Å². The Morgan fingerprint density at radius 1 is 1.29 bits per heavy atom. The zero-order valence-electron chi connectivity index (χ0n) is 13.5. The molecule has 2 aromatic rings. The van der Waals surface area contributed by atoms with Gasteiger partial charge in [0.25, 0.3) is 0 Å². The number of rotatable bonds is 4. The molecule has 8 nitrogen and oxygen atoms in total. The summed E-state index contributed by atoms with van der Waals surface area (Å²) in [6, 6.07) is 5.17. The molecule has 0 bridgehead atoms. The molecule has 128 valence electrons. The molecule has 0 aliphatic heterocycles. The number of hydrogen-bond acceptors (Lipinski definition) is 5. The molecule has 1 fully saturated rings. The highest BCUT2D eigenvalue weighted by Crippen LogP contribution is 2.29. The van der Waals surface area contributed by atoms with Crippen LogP contribution in [0.3, 0.4) is 0 Å². The third-order valence-electron chi connectivity index (χ3n) is 4.44. The first kappa shape index (κ1) is 16.2. The Hall–Kier alpha value is -2.64. The van der Waals surface area contributed by atoms with Crippen LogP contribution >= 0.6 is 0 Å². The maximum atomic E-state index is 12.4. The van der Waals surface area contributed by atoms with Crippen molar-refractivity contribution in [1.82, 2.24) is 19.5 Å². The van der Waals surface area contributed by atoms with Crippen molar-refractivity contribution in [2.45, 2.75) is 44.2 Å². The van der Waals surface area contributed by atoms with Crippen molar-refractivity contribution in [3.8, 4) is 0 Å². The lowest BCUT2D eigenvalue weighted by Gasteiger charge is -2.35. The van der Waals surface area contributed by atoms with Crippen LogP contribution in [0.15, 0.2) is 29.2 Å². The molecule has 1 aliphatic carbocycles. The van der Waals surface area contributed by atoms with Gasteiger partial charge in [0.05, 0.1) is 7.11 Å². The van der Waals surface area contributed by atoms with E-state index >= 15 is 0 Å². The molecule has 0 spiro atoms. The second-order valence-corrected chi connectivity index (χ2v) is 6.05. The van der Waals surface area contributed by atoms with Crippen molar-refractivity contribution in [2.24, 2.45) is 0 Å². The molecule has 1 saturated carbocycles. The molecule has 1 aliphatic rings.